The molecule has 102 valence electrons. The Morgan fingerprint density at radius 3 is 2.68 bits per heavy atom. The Morgan fingerprint density at radius 1 is 1.42 bits per heavy atom. The molecule has 1 aromatic heterocycles. The van der Waals surface area contributed by atoms with E-state index < -0.39 is 17.5 Å². The lowest BCUT2D eigenvalue weighted by Crippen LogP contribution is -2.26. The predicted octanol–water partition coefficient (Wildman–Crippen LogP) is 3.06. The Bertz CT molecular complexity index is 625. The number of aliphatic hydroxyl groups is 1. The monoisotopic (exact) mass is 265 g/mol. The molecule has 0 amide bonds. The molecule has 0 unspecified atom stereocenters. The zero-order chi connectivity index (χ0) is 14.2. The highest BCUT2D eigenvalue weighted by Crippen LogP contribution is 2.23. The Kier molecular flexibility index (Phi) is 3.32. The number of ether oxygens (including phenoxy) is 1. The average molecular weight is 265 g/mol. The summed E-state index contributed by atoms with van der Waals surface area (Å²) in [6.45, 7) is 5.03. The van der Waals surface area contributed by atoms with Gasteiger partial charge in [-0.05, 0) is 39.0 Å². The van der Waals surface area contributed by atoms with E-state index in [9.17, 15) is 14.3 Å². The van der Waals surface area contributed by atoms with Crippen molar-refractivity contribution in [1.82, 2.24) is 4.57 Å². The van der Waals surface area contributed by atoms with E-state index in [1.54, 1.807) is 20.8 Å². The average Bonchev–Trinajstić information content (AvgIpc) is 2.64. The summed E-state index contributed by atoms with van der Waals surface area (Å²) in [4.78, 5) is 12.1. The molecule has 0 aliphatic carbocycles. The number of benzene rings is 1. The number of aromatic nitrogens is 1. The summed E-state index contributed by atoms with van der Waals surface area (Å²) in [5.41, 5.74) is 0.382. The second kappa shape index (κ2) is 4.66. The van der Waals surface area contributed by atoms with Crippen LogP contribution in [0.25, 0.3) is 10.9 Å². The van der Waals surface area contributed by atoms with Crippen LogP contribution in [0.2, 0.25) is 0 Å². The van der Waals surface area contributed by atoms with Gasteiger partial charge in [0.1, 0.15) is 11.4 Å². The van der Waals surface area contributed by atoms with Crippen LogP contribution in [0.3, 0.4) is 0 Å². The van der Waals surface area contributed by atoms with Crippen LogP contribution in [0.4, 0.5) is 9.18 Å². The van der Waals surface area contributed by atoms with E-state index in [4.69, 9.17) is 4.74 Å². The van der Waals surface area contributed by atoms with Gasteiger partial charge in [0.2, 0.25) is 0 Å². The third kappa shape index (κ3) is 2.76. The molecule has 0 atom stereocenters. The van der Waals surface area contributed by atoms with E-state index in [-0.39, 0.29) is 6.61 Å². The number of nitrogens with zero attached hydrogens (tertiary/aromatic N) is 1. The van der Waals surface area contributed by atoms with Crippen LogP contribution in [0.1, 0.15) is 26.3 Å². The van der Waals surface area contributed by atoms with Crippen molar-refractivity contribution in [3.63, 3.8) is 0 Å². The van der Waals surface area contributed by atoms with E-state index in [0.717, 1.165) is 0 Å². The summed E-state index contributed by atoms with van der Waals surface area (Å²) >= 11 is 0. The van der Waals surface area contributed by atoms with Gasteiger partial charge in [-0.1, -0.05) is 0 Å². The van der Waals surface area contributed by atoms with Gasteiger partial charge in [0, 0.05) is 17.1 Å². The van der Waals surface area contributed by atoms with Gasteiger partial charge in [0.15, 0.2) is 0 Å². The quantitative estimate of drug-likeness (QED) is 0.862. The molecule has 0 aliphatic rings. The Labute approximate surface area is 110 Å². The summed E-state index contributed by atoms with van der Waals surface area (Å²) in [6.07, 6.45) is 0.918. The fourth-order valence-corrected chi connectivity index (χ4v) is 1.86. The van der Waals surface area contributed by atoms with Crippen molar-refractivity contribution in [3.8, 4) is 0 Å². The molecule has 2 rings (SSSR count). The highest BCUT2D eigenvalue weighted by atomic mass is 19.1. The topological polar surface area (TPSA) is 51.5 Å². The van der Waals surface area contributed by atoms with Gasteiger partial charge in [0.25, 0.3) is 0 Å². The first-order chi connectivity index (χ1) is 8.81. The summed E-state index contributed by atoms with van der Waals surface area (Å²) in [6, 6.07) is 4.06. The molecule has 2 aromatic rings. The van der Waals surface area contributed by atoms with Crippen molar-refractivity contribution < 1.29 is 19.0 Å². The summed E-state index contributed by atoms with van der Waals surface area (Å²) < 4.78 is 19.8. The maximum atomic E-state index is 13.2. The van der Waals surface area contributed by atoms with E-state index in [1.807, 2.05) is 0 Å². The van der Waals surface area contributed by atoms with E-state index in [0.29, 0.717) is 16.5 Å². The lowest BCUT2D eigenvalue weighted by Gasteiger charge is -2.19. The first kappa shape index (κ1) is 13.5. The minimum absolute atomic E-state index is 0.268. The number of rotatable bonds is 1. The number of carbonyl (C=O) groups excluding carboxylic acids is 1. The molecule has 0 saturated heterocycles. The van der Waals surface area contributed by atoms with Crippen LogP contribution in [0, 0.1) is 5.82 Å². The number of halogens is 1. The maximum absolute atomic E-state index is 13.2. The van der Waals surface area contributed by atoms with Gasteiger partial charge in [-0.3, -0.25) is 4.57 Å². The third-order valence-corrected chi connectivity index (χ3v) is 2.61. The SMILES string of the molecule is CC(C)(C)OC(=O)n1cc(CO)c2cc(F)ccc21. The minimum atomic E-state index is -0.618. The highest BCUT2D eigenvalue weighted by molar-refractivity contribution is 5.92. The van der Waals surface area contributed by atoms with Crippen molar-refractivity contribution in [3.05, 3.63) is 35.8 Å². The second-order valence-electron chi connectivity index (χ2n) is 5.32. The molecule has 0 aliphatic heterocycles. The van der Waals surface area contributed by atoms with Crippen molar-refractivity contribution in [2.75, 3.05) is 0 Å². The number of fused-ring (bicyclic) bond motifs is 1. The van der Waals surface area contributed by atoms with Crippen molar-refractivity contribution in [2.45, 2.75) is 33.0 Å². The van der Waals surface area contributed by atoms with Gasteiger partial charge < -0.3 is 9.84 Å². The fourth-order valence-electron chi connectivity index (χ4n) is 1.86. The Balaban J connectivity index is 2.52. The van der Waals surface area contributed by atoms with Gasteiger partial charge in [-0.15, -0.1) is 0 Å². The van der Waals surface area contributed by atoms with E-state index in [2.05, 4.69) is 0 Å². The fraction of sp³-hybridized carbons (Fsp3) is 0.357. The lowest BCUT2D eigenvalue weighted by atomic mass is 10.2. The smallest absolute Gasteiger partial charge is 0.419 e. The van der Waals surface area contributed by atoms with Gasteiger partial charge in [-0.2, -0.15) is 0 Å². The number of hydrogen-bond donors (Lipinski definition) is 1. The normalized spacial score (nSPS) is 11.8. The molecule has 0 bridgehead atoms. The first-order valence-electron chi connectivity index (χ1n) is 5.95. The molecule has 4 nitrogen and oxygen atoms in total. The Morgan fingerprint density at radius 2 is 2.11 bits per heavy atom. The lowest BCUT2D eigenvalue weighted by molar-refractivity contribution is 0.0544. The summed E-state index contributed by atoms with van der Waals surface area (Å²) in [5.74, 6) is -0.413. The van der Waals surface area contributed by atoms with E-state index >= 15 is 0 Å². The summed E-state index contributed by atoms with van der Waals surface area (Å²) in [5, 5.41) is 9.77. The largest absolute Gasteiger partial charge is 0.443 e. The molecule has 0 fully saturated rings. The maximum Gasteiger partial charge on any atom is 0.419 e. The minimum Gasteiger partial charge on any atom is -0.443 e. The Hall–Kier alpha value is -1.88. The van der Waals surface area contributed by atoms with Gasteiger partial charge in [0.05, 0.1) is 12.1 Å². The third-order valence-electron chi connectivity index (χ3n) is 2.61. The molecule has 1 N–H and O–H groups in total. The predicted molar refractivity (Wildman–Crippen MR) is 69.5 cm³/mol. The molecule has 0 spiro atoms. The molecule has 19 heavy (non-hydrogen) atoms. The van der Waals surface area contributed by atoms with Crippen molar-refractivity contribution in [2.24, 2.45) is 0 Å². The highest BCUT2D eigenvalue weighted by Gasteiger charge is 2.20. The number of hydrogen-bond acceptors (Lipinski definition) is 3. The molecule has 5 heteroatoms. The van der Waals surface area contributed by atoms with Gasteiger partial charge >= 0.3 is 6.09 Å². The number of aliphatic hydroxyl groups excluding tert-OH is 1. The van der Waals surface area contributed by atoms with Crippen molar-refractivity contribution in [1.29, 1.82) is 0 Å². The van der Waals surface area contributed by atoms with Crippen LogP contribution in [-0.2, 0) is 11.3 Å². The molecular weight excluding hydrogens is 249 g/mol. The van der Waals surface area contributed by atoms with Crippen LogP contribution in [0.5, 0.6) is 0 Å². The van der Waals surface area contributed by atoms with Gasteiger partial charge in [-0.25, -0.2) is 9.18 Å². The van der Waals surface area contributed by atoms with Crippen LogP contribution >= 0.6 is 0 Å². The molecule has 0 saturated carbocycles. The second-order valence-corrected chi connectivity index (χ2v) is 5.32. The zero-order valence-corrected chi connectivity index (χ0v) is 11.1. The first-order valence-corrected chi connectivity index (χ1v) is 5.95. The van der Waals surface area contributed by atoms with Crippen LogP contribution < -0.4 is 0 Å². The molecular formula is C14H16FNO3. The standard InChI is InChI=1S/C14H16FNO3/c1-14(2,3)19-13(18)16-7-9(8-17)11-6-10(15)4-5-12(11)16/h4-7,17H,8H2,1-3H3. The molecule has 1 heterocycles. The molecule has 1 aromatic carbocycles. The summed E-state index contributed by atoms with van der Waals surface area (Å²) in [7, 11) is 0. The molecule has 0 radical (unpaired) electrons. The van der Waals surface area contributed by atoms with Crippen LogP contribution in [0.15, 0.2) is 24.4 Å². The zero-order valence-electron chi connectivity index (χ0n) is 11.1. The van der Waals surface area contributed by atoms with Crippen molar-refractivity contribution >= 4 is 17.0 Å². The van der Waals surface area contributed by atoms with E-state index in [1.165, 1.54) is 29.0 Å². The number of carbonyl (C=O) groups is 1. The van der Waals surface area contributed by atoms with Crippen LogP contribution in [-0.4, -0.2) is 21.4 Å².